The number of carbonyl (C=O) groups excluding carboxylic acids is 1. The van der Waals surface area contributed by atoms with Crippen LogP contribution in [0.15, 0.2) is 18.2 Å². The lowest BCUT2D eigenvalue weighted by Gasteiger charge is -2.27. The fraction of sp³-hybridized carbons (Fsp3) is 0.611. The number of aryl methyl sites for hydroxylation is 1. The van der Waals surface area contributed by atoms with Gasteiger partial charge in [0.15, 0.2) is 0 Å². The summed E-state index contributed by atoms with van der Waals surface area (Å²) in [6.45, 7) is 8.35. The van der Waals surface area contributed by atoms with Crippen LogP contribution in [0.25, 0.3) is 0 Å². The summed E-state index contributed by atoms with van der Waals surface area (Å²) in [5.41, 5.74) is 3.31. The molecule has 5 nitrogen and oxygen atoms in total. The molecule has 23 heavy (non-hydrogen) atoms. The SMILES string of the molecule is Cc1ccc(CN2CCOCC2)cc1NC(=O)C1CCCNC1. The number of anilines is 1. The fourth-order valence-electron chi connectivity index (χ4n) is 3.23. The third-order valence-electron chi connectivity index (χ3n) is 4.74. The Hall–Kier alpha value is -1.43. The number of benzene rings is 1. The number of hydrogen-bond donors (Lipinski definition) is 2. The molecule has 2 saturated heterocycles. The van der Waals surface area contributed by atoms with E-state index in [-0.39, 0.29) is 11.8 Å². The molecule has 3 rings (SSSR count). The molecule has 5 heteroatoms. The van der Waals surface area contributed by atoms with Gasteiger partial charge in [0.1, 0.15) is 0 Å². The second kappa shape index (κ2) is 7.90. The average molecular weight is 317 g/mol. The van der Waals surface area contributed by atoms with Gasteiger partial charge < -0.3 is 15.4 Å². The molecule has 2 N–H and O–H groups in total. The first-order valence-corrected chi connectivity index (χ1v) is 8.63. The van der Waals surface area contributed by atoms with Crippen molar-refractivity contribution in [2.45, 2.75) is 26.3 Å². The molecule has 2 heterocycles. The third kappa shape index (κ3) is 4.53. The maximum Gasteiger partial charge on any atom is 0.228 e. The second-order valence-corrected chi connectivity index (χ2v) is 6.57. The molecule has 0 bridgehead atoms. The van der Waals surface area contributed by atoms with Crippen LogP contribution < -0.4 is 10.6 Å². The van der Waals surface area contributed by atoms with Crippen molar-refractivity contribution in [3.05, 3.63) is 29.3 Å². The normalized spacial score (nSPS) is 22.7. The van der Waals surface area contributed by atoms with Crippen LogP contribution in [0.4, 0.5) is 5.69 Å². The van der Waals surface area contributed by atoms with Crippen LogP contribution in [0.1, 0.15) is 24.0 Å². The summed E-state index contributed by atoms with van der Waals surface area (Å²) in [7, 11) is 0. The largest absolute Gasteiger partial charge is 0.379 e. The van der Waals surface area contributed by atoms with Crippen LogP contribution in [0.5, 0.6) is 0 Å². The van der Waals surface area contributed by atoms with Gasteiger partial charge in [0, 0.05) is 31.9 Å². The van der Waals surface area contributed by atoms with Gasteiger partial charge in [0.25, 0.3) is 0 Å². The molecule has 1 aromatic carbocycles. The zero-order chi connectivity index (χ0) is 16.1. The van der Waals surface area contributed by atoms with Crippen molar-refractivity contribution in [3.63, 3.8) is 0 Å². The first-order chi connectivity index (χ1) is 11.2. The number of ether oxygens (including phenoxy) is 1. The second-order valence-electron chi connectivity index (χ2n) is 6.57. The molecule has 0 saturated carbocycles. The van der Waals surface area contributed by atoms with Gasteiger partial charge in [-0.05, 0) is 43.5 Å². The highest BCUT2D eigenvalue weighted by atomic mass is 16.5. The zero-order valence-corrected chi connectivity index (χ0v) is 13.9. The summed E-state index contributed by atoms with van der Waals surface area (Å²) in [4.78, 5) is 14.8. The molecule has 0 radical (unpaired) electrons. The molecule has 0 aliphatic carbocycles. The monoisotopic (exact) mass is 317 g/mol. The lowest BCUT2D eigenvalue weighted by molar-refractivity contribution is -0.120. The van der Waals surface area contributed by atoms with Crippen LogP contribution in [-0.4, -0.2) is 50.2 Å². The summed E-state index contributed by atoms with van der Waals surface area (Å²) in [6.07, 6.45) is 2.06. The van der Waals surface area contributed by atoms with E-state index in [2.05, 4.69) is 33.7 Å². The lowest BCUT2D eigenvalue weighted by atomic mass is 9.98. The Morgan fingerprint density at radius 1 is 1.39 bits per heavy atom. The summed E-state index contributed by atoms with van der Waals surface area (Å²) in [5, 5.41) is 6.44. The number of piperidine rings is 1. The third-order valence-corrected chi connectivity index (χ3v) is 4.74. The first kappa shape index (κ1) is 16.4. The van der Waals surface area contributed by atoms with Crippen LogP contribution in [0, 0.1) is 12.8 Å². The van der Waals surface area contributed by atoms with E-state index in [4.69, 9.17) is 4.74 Å². The van der Waals surface area contributed by atoms with Gasteiger partial charge in [0.2, 0.25) is 5.91 Å². The zero-order valence-electron chi connectivity index (χ0n) is 13.9. The van der Waals surface area contributed by atoms with Crippen molar-refractivity contribution in [1.29, 1.82) is 0 Å². The van der Waals surface area contributed by atoms with Crippen molar-refractivity contribution >= 4 is 11.6 Å². The molecule has 0 aromatic heterocycles. The highest BCUT2D eigenvalue weighted by Crippen LogP contribution is 2.20. The number of morpholine rings is 1. The van der Waals surface area contributed by atoms with E-state index in [0.29, 0.717) is 0 Å². The Bertz CT molecular complexity index is 535. The van der Waals surface area contributed by atoms with Crippen molar-refractivity contribution in [2.24, 2.45) is 5.92 Å². The van der Waals surface area contributed by atoms with Crippen LogP contribution >= 0.6 is 0 Å². The molecule has 1 atom stereocenters. The van der Waals surface area contributed by atoms with E-state index < -0.39 is 0 Å². The van der Waals surface area contributed by atoms with Crippen molar-refractivity contribution in [2.75, 3.05) is 44.7 Å². The molecular formula is C18H27N3O2. The smallest absolute Gasteiger partial charge is 0.228 e. The predicted octanol–water partition coefficient (Wildman–Crippen LogP) is 1.77. The van der Waals surface area contributed by atoms with Gasteiger partial charge in [0.05, 0.1) is 19.1 Å². The standard InChI is InChI=1S/C18H27N3O2/c1-14-4-5-15(13-21-7-9-23-10-8-21)11-17(14)20-18(22)16-3-2-6-19-12-16/h4-5,11,16,19H,2-3,6-10,12-13H2,1H3,(H,20,22). The number of nitrogens with zero attached hydrogens (tertiary/aromatic N) is 1. The summed E-state index contributed by atoms with van der Waals surface area (Å²) in [6, 6.07) is 6.38. The molecule has 0 spiro atoms. The molecule has 2 fully saturated rings. The topological polar surface area (TPSA) is 53.6 Å². The van der Waals surface area contributed by atoms with E-state index in [1.807, 2.05) is 6.92 Å². The van der Waals surface area contributed by atoms with Gasteiger partial charge in [-0.3, -0.25) is 9.69 Å². The lowest BCUT2D eigenvalue weighted by Crippen LogP contribution is -2.37. The van der Waals surface area contributed by atoms with E-state index in [1.165, 1.54) is 5.56 Å². The highest BCUT2D eigenvalue weighted by Gasteiger charge is 2.21. The van der Waals surface area contributed by atoms with Gasteiger partial charge in [-0.15, -0.1) is 0 Å². The maximum atomic E-state index is 12.4. The Morgan fingerprint density at radius 3 is 2.96 bits per heavy atom. The van der Waals surface area contributed by atoms with Gasteiger partial charge in [-0.25, -0.2) is 0 Å². The van der Waals surface area contributed by atoms with Crippen LogP contribution in [0.3, 0.4) is 0 Å². The molecule has 1 aromatic rings. The number of amides is 1. The predicted molar refractivity (Wildman–Crippen MR) is 91.5 cm³/mol. The Morgan fingerprint density at radius 2 is 2.22 bits per heavy atom. The van der Waals surface area contributed by atoms with E-state index in [9.17, 15) is 4.79 Å². The Labute approximate surface area is 138 Å². The molecule has 1 unspecified atom stereocenters. The molecule has 2 aliphatic rings. The van der Waals surface area contributed by atoms with Gasteiger partial charge in [-0.2, -0.15) is 0 Å². The molecule has 1 amide bonds. The average Bonchev–Trinajstić information content (AvgIpc) is 2.59. The Kier molecular flexibility index (Phi) is 5.65. The fourth-order valence-corrected chi connectivity index (χ4v) is 3.23. The van der Waals surface area contributed by atoms with Gasteiger partial charge in [-0.1, -0.05) is 12.1 Å². The first-order valence-electron chi connectivity index (χ1n) is 8.63. The van der Waals surface area contributed by atoms with Crippen LogP contribution in [0.2, 0.25) is 0 Å². The Balaban J connectivity index is 1.63. The van der Waals surface area contributed by atoms with Crippen molar-refractivity contribution in [1.82, 2.24) is 10.2 Å². The summed E-state index contributed by atoms with van der Waals surface area (Å²) < 4.78 is 5.40. The van der Waals surface area contributed by atoms with E-state index >= 15 is 0 Å². The van der Waals surface area contributed by atoms with Crippen LogP contribution in [-0.2, 0) is 16.1 Å². The van der Waals surface area contributed by atoms with Crippen molar-refractivity contribution < 1.29 is 9.53 Å². The van der Waals surface area contributed by atoms with Gasteiger partial charge >= 0.3 is 0 Å². The number of rotatable bonds is 4. The quantitative estimate of drug-likeness (QED) is 0.888. The summed E-state index contributed by atoms with van der Waals surface area (Å²) in [5.74, 6) is 0.231. The minimum atomic E-state index is 0.0889. The maximum absolute atomic E-state index is 12.4. The number of hydrogen-bond acceptors (Lipinski definition) is 4. The molecule has 2 aliphatic heterocycles. The number of carbonyl (C=O) groups is 1. The molecular weight excluding hydrogens is 290 g/mol. The molecule has 126 valence electrons. The highest BCUT2D eigenvalue weighted by molar-refractivity contribution is 5.93. The number of nitrogens with one attached hydrogen (secondary N) is 2. The summed E-state index contributed by atoms with van der Waals surface area (Å²) >= 11 is 0. The van der Waals surface area contributed by atoms with Crippen molar-refractivity contribution in [3.8, 4) is 0 Å². The minimum absolute atomic E-state index is 0.0889. The minimum Gasteiger partial charge on any atom is -0.379 e. The van der Waals surface area contributed by atoms with E-state index in [1.54, 1.807) is 0 Å². The van der Waals surface area contributed by atoms with E-state index in [0.717, 1.165) is 70.0 Å².